The molecule has 166 valence electrons. The predicted molar refractivity (Wildman–Crippen MR) is 128 cm³/mol. The minimum absolute atomic E-state index is 0.000161. The summed E-state index contributed by atoms with van der Waals surface area (Å²) in [7, 11) is 0. The number of amides is 2. The average Bonchev–Trinajstić information content (AvgIpc) is 2.85. The quantitative estimate of drug-likeness (QED) is 0.618. The Balaban J connectivity index is 1.47. The smallest absolute Gasteiger partial charge is 0.276 e. The van der Waals surface area contributed by atoms with Gasteiger partial charge in [-0.15, -0.1) is 6.42 Å². The van der Waals surface area contributed by atoms with Crippen molar-refractivity contribution in [1.82, 2.24) is 19.8 Å². The van der Waals surface area contributed by atoms with E-state index in [1.807, 2.05) is 47.4 Å². The fourth-order valence-corrected chi connectivity index (χ4v) is 3.72. The molecule has 0 aliphatic carbocycles. The Kier molecular flexibility index (Phi) is 6.77. The van der Waals surface area contributed by atoms with E-state index in [2.05, 4.69) is 26.1 Å². The molecule has 4 rings (SSSR count). The second-order valence-corrected chi connectivity index (χ2v) is 7.86. The third-order valence-corrected chi connectivity index (χ3v) is 5.60. The van der Waals surface area contributed by atoms with Gasteiger partial charge in [0.2, 0.25) is 0 Å². The highest BCUT2D eigenvalue weighted by molar-refractivity contribution is 6.03. The lowest BCUT2D eigenvalue weighted by atomic mass is 10.1. The number of piperazine rings is 1. The largest absolute Gasteiger partial charge is 0.336 e. The van der Waals surface area contributed by atoms with Gasteiger partial charge in [-0.05, 0) is 31.2 Å². The van der Waals surface area contributed by atoms with Crippen molar-refractivity contribution in [2.75, 3.05) is 38.0 Å². The van der Waals surface area contributed by atoms with Gasteiger partial charge in [-0.1, -0.05) is 36.3 Å². The molecule has 1 aliphatic rings. The maximum absolute atomic E-state index is 12.9. The summed E-state index contributed by atoms with van der Waals surface area (Å²) in [5.74, 6) is 2.33. The van der Waals surface area contributed by atoms with Crippen LogP contribution in [0.25, 0.3) is 11.3 Å². The fraction of sp³-hybridized carbons (Fsp3) is 0.231. The first-order valence-corrected chi connectivity index (χ1v) is 10.8. The molecular formula is C26H25N5O2. The van der Waals surface area contributed by atoms with Crippen LogP contribution in [0.3, 0.4) is 0 Å². The van der Waals surface area contributed by atoms with Crippen LogP contribution in [0.1, 0.15) is 26.5 Å². The van der Waals surface area contributed by atoms with Crippen molar-refractivity contribution in [2.24, 2.45) is 0 Å². The summed E-state index contributed by atoms with van der Waals surface area (Å²) in [5, 5.41) is 2.84. The van der Waals surface area contributed by atoms with Crippen molar-refractivity contribution in [3.05, 3.63) is 77.7 Å². The van der Waals surface area contributed by atoms with Crippen molar-refractivity contribution in [1.29, 1.82) is 0 Å². The normalized spacial score (nSPS) is 13.9. The lowest BCUT2D eigenvalue weighted by Gasteiger charge is -2.33. The Morgan fingerprint density at radius 2 is 1.73 bits per heavy atom. The van der Waals surface area contributed by atoms with Crippen molar-refractivity contribution in [3.63, 3.8) is 0 Å². The predicted octanol–water partition coefficient (Wildman–Crippen LogP) is 3.10. The number of carbonyl (C=O) groups excluding carboxylic acids is 2. The second-order valence-electron chi connectivity index (χ2n) is 7.86. The summed E-state index contributed by atoms with van der Waals surface area (Å²) < 4.78 is 0. The number of aromatic nitrogens is 2. The molecule has 0 saturated carbocycles. The Bertz CT molecular complexity index is 1180. The summed E-state index contributed by atoms with van der Waals surface area (Å²) in [6.07, 6.45) is 7.01. The van der Waals surface area contributed by atoms with E-state index < -0.39 is 0 Å². The Labute approximate surface area is 193 Å². The number of hydrogen-bond acceptors (Lipinski definition) is 5. The number of nitrogens with zero attached hydrogens (tertiary/aromatic N) is 4. The van der Waals surface area contributed by atoms with Crippen LogP contribution < -0.4 is 5.32 Å². The maximum atomic E-state index is 12.9. The molecule has 33 heavy (non-hydrogen) atoms. The van der Waals surface area contributed by atoms with Crippen molar-refractivity contribution in [2.45, 2.75) is 6.92 Å². The van der Waals surface area contributed by atoms with E-state index >= 15 is 0 Å². The molecule has 1 N–H and O–H groups in total. The third kappa shape index (κ3) is 5.25. The van der Waals surface area contributed by atoms with Crippen molar-refractivity contribution >= 4 is 17.5 Å². The van der Waals surface area contributed by atoms with Crippen molar-refractivity contribution < 1.29 is 9.59 Å². The molecule has 0 spiro atoms. The minimum Gasteiger partial charge on any atom is -0.336 e. The molecule has 0 radical (unpaired) electrons. The van der Waals surface area contributed by atoms with Crippen LogP contribution >= 0.6 is 0 Å². The Morgan fingerprint density at radius 3 is 2.39 bits per heavy atom. The summed E-state index contributed by atoms with van der Waals surface area (Å²) in [4.78, 5) is 38.5. The molecule has 2 amide bonds. The highest BCUT2D eigenvalue weighted by atomic mass is 16.2. The zero-order valence-electron chi connectivity index (χ0n) is 18.5. The highest BCUT2D eigenvalue weighted by Gasteiger charge is 2.22. The van der Waals surface area contributed by atoms with Crippen molar-refractivity contribution in [3.8, 4) is 23.6 Å². The van der Waals surface area contributed by atoms with Gasteiger partial charge in [0, 0.05) is 43.0 Å². The standard InChI is InChI=1S/C26H25N5O2/c1-3-13-30-14-16-31(17-15-30)26(33)21-11-9-20(10-12-21)23-18-27-19(2)24(29-23)25(32)28-22-7-5-4-6-8-22/h1,4-12,18H,13-17H2,2H3,(H,28,32). The number of terminal acetylenes is 1. The lowest BCUT2D eigenvalue weighted by molar-refractivity contribution is 0.0652. The molecule has 1 aliphatic heterocycles. The van der Waals surface area contributed by atoms with Gasteiger partial charge in [0.1, 0.15) is 5.69 Å². The van der Waals surface area contributed by atoms with Crippen LogP contribution in [-0.2, 0) is 0 Å². The average molecular weight is 440 g/mol. The van der Waals surface area contributed by atoms with Crippen LogP contribution in [0.2, 0.25) is 0 Å². The van der Waals surface area contributed by atoms with E-state index in [9.17, 15) is 9.59 Å². The molecule has 2 heterocycles. The van der Waals surface area contributed by atoms with Gasteiger partial charge >= 0.3 is 0 Å². The number of rotatable bonds is 5. The topological polar surface area (TPSA) is 78.4 Å². The molecular weight excluding hydrogens is 414 g/mol. The number of para-hydroxylation sites is 1. The number of anilines is 1. The summed E-state index contributed by atoms with van der Waals surface area (Å²) in [6.45, 7) is 5.24. The number of aryl methyl sites for hydroxylation is 1. The van der Waals surface area contributed by atoms with Crippen LogP contribution in [-0.4, -0.2) is 64.3 Å². The molecule has 1 fully saturated rings. The molecule has 7 heteroatoms. The first kappa shape index (κ1) is 22.2. The van der Waals surface area contributed by atoms with E-state index in [1.165, 1.54) is 0 Å². The monoisotopic (exact) mass is 439 g/mol. The molecule has 1 saturated heterocycles. The molecule has 0 unspecified atom stereocenters. The van der Waals surface area contributed by atoms with Gasteiger partial charge < -0.3 is 10.2 Å². The Morgan fingerprint density at radius 1 is 1.03 bits per heavy atom. The van der Waals surface area contributed by atoms with Gasteiger partial charge in [-0.3, -0.25) is 19.5 Å². The number of nitrogens with one attached hydrogen (secondary N) is 1. The zero-order valence-corrected chi connectivity index (χ0v) is 18.5. The van der Waals surface area contributed by atoms with E-state index in [4.69, 9.17) is 6.42 Å². The van der Waals surface area contributed by atoms with E-state index in [0.717, 1.165) is 18.7 Å². The van der Waals surface area contributed by atoms with Gasteiger partial charge in [-0.2, -0.15) is 0 Å². The molecule has 7 nitrogen and oxygen atoms in total. The van der Waals surface area contributed by atoms with Crippen LogP contribution in [0.5, 0.6) is 0 Å². The first-order valence-electron chi connectivity index (χ1n) is 10.8. The maximum Gasteiger partial charge on any atom is 0.276 e. The Hall–Kier alpha value is -4.02. The highest BCUT2D eigenvalue weighted by Crippen LogP contribution is 2.20. The summed E-state index contributed by atoms with van der Waals surface area (Å²) in [6, 6.07) is 16.5. The number of hydrogen-bond donors (Lipinski definition) is 1. The number of benzene rings is 2. The minimum atomic E-state index is -0.316. The van der Waals surface area contributed by atoms with E-state index in [-0.39, 0.29) is 17.5 Å². The molecule has 2 aromatic carbocycles. The SMILES string of the molecule is C#CCN1CCN(C(=O)c2ccc(-c3cnc(C)c(C(=O)Nc4ccccc4)n3)cc2)CC1. The summed E-state index contributed by atoms with van der Waals surface area (Å²) in [5.41, 5.74) is 3.47. The van der Waals surface area contributed by atoms with Gasteiger partial charge in [-0.25, -0.2) is 4.98 Å². The fourth-order valence-electron chi connectivity index (χ4n) is 3.72. The molecule has 0 atom stereocenters. The summed E-state index contributed by atoms with van der Waals surface area (Å²) >= 11 is 0. The first-order chi connectivity index (χ1) is 16.0. The van der Waals surface area contributed by atoms with Crippen LogP contribution in [0.4, 0.5) is 5.69 Å². The van der Waals surface area contributed by atoms with E-state index in [0.29, 0.717) is 42.3 Å². The molecule has 0 bridgehead atoms. The van der Waals surface area contributed by atoms with E-state index in [1.54, 1.807) is 25.3 Å². The lowest BCUT2D eigenvalue weighted by Crippen LogP contribution is -2.48. The molecule has 1 aromatic heterocycles. The zero-order chi connectivity index (χ0) is 23.2. The molecule has 3 aromatic rings. The number of carbonyl (C=O) groups is 2. The van der Waals surface area contributed by atoms with Gasteiger partial charge in [0.25, 0.3) is 11.8 Å². The van der Waals surface area contributed by atoms with Gasteiger partial charge in [0.15, 0.2) is 0 Å². The second kappa shape index (κ2) is 10.1. The van der Waals surface area contributed by atoms with Crippen LogP contribution in [0.15, 0.2) is 60.8 Å². The third-order valence-electron chi connectivity index (χ3n) is 5.60. The van der Waals surface area contributed by atoms with Crippen LogP contribution in [0, 0.1) is 19.3 Å². The van der Waals surface area contributed by atoms with Gasteiger partial charge in [0.05, 0.1) is 24.1 Å².